The first-order valence-electron chi connectivity index (χ1n) is 7.48. The molecule has 2 rings (SSSR count). The molecule has 1 aromatic carbocycles. The average molecular weight is 348 g/mol. The lowest BCUT2D eigenvalue weighted by Gasteiger charge is -2.08. The SMILES string of the molecule is O=C(COc1ccc(Cl)cc1)NCCCNC(=O)c1ccncc1. The van der Waals surface area contributed by atoms with Gasteiger partial charge in [-0.25, -0.2) is 0 Å². The molecule has 2 N–H and O–H groups in total. The van der Waals surface area contributed by atoms with Crippen LogP contribution in [0.15, 0.2) is 48.8 Å². The highest BCUT2D eigenvalue weighted by Gasteiger charge is 2.04. The zero-order valence-electron chi connectivity index (χ0n) is 13.0. The van der Waals surface area contributed by atoms with E-state index in [-0.39, 0.29) is 18.4 Å². The van der Waals surface area contributed by atoms with Crippen LogP contribution in [0.3, 0.4) is 0 Å². The Bertz CT molecular complexity index is 663. The van der Waals surface area contributed by atoms with Gasteiger partial charge in [-0.3, -0.25) is 14.6 Å². The number of rotatable bonds is 8. The molecule has 0 saturated carbocycles. The molecule has 0 aliphatic heterocycles. The van der Waals surface area contributed by atoms with Crippen molar-refractivity contribution in [1.29, 1.82) is 0 Å². The maximum atomic E-state index is 11.8. The minimum absolute atomic E-state index is 0.0645. The van der Waals surface area contributed by atoms with Crippen LogP contribution in [0.2, 0.25) is 5.02 Å². The van der Waals surface area contributed by atoms with Crippen molar-refractivity contribution in [2.24, 2.45) is 0 Å². The van der Waals surface area contributed by atoms with Crippen LogP contribution in [0.1, 0.15) is 16.8 Å². The summed E-state index contributed by atoms with van der Waals surface area (Å²) in [6, 6.07) is 10.1. The molecule has 6 nitrogen and oxygen atoms in total. The molecule has 2 aromatic rings. The van der Waals surface area contributed by atoms with E-state index in [1.54, 1.807) is 48.8 Å². The van der Waals surface area contributed by atoms with E-state index in [1.165, 1.54) is 0 Å². The molecular weight excluding hydrogens is 330 g/mol. The highest BCUT2D eigenvalue weighted by Crippen LogP contribution is 2.15. The molecule has 2 amide bonds. The summed E-state index contributed by atoms with van der Waals surface area (Å²) in [5.41, 5.74) is 0.561. The third-order valence-corrected chi connectivity index (χ3v) is 3.34. The van der Waals surface area contributed by atoms with E-state index in [0.29, 0.717) is 35.8 Å². The summed E-state index contributed by atoms with van der Waals surface area (Å²) in [5, 5.41) is 6.11. The molecule has 24 heavy (non-hydrogen) atoms. The number of benzene rings is 1. The Morgan fingerprint density at radius 2 is 1.67 bits per heavy atom. The molecule has 0 atom stereocenters. The molecule has 7 heteroatoms. The van der Waals surface area contributed by atoms with Crippen LogP contribution in [-0.4, -0.2) is 36.5 Å². The first kappa shape index (κ1) is 17.7. The Balaban J connectivity index is 1.56. The molecule has 0 spiro atoms. The molecule has 0 fully saturated rings. The minimum Gasteiger partial charge on any atom is -0.484 e. The van der Waals surface area contributed by atoms with Crippen molar-refractivity contribution in [2.75, 3.05) is 19.7 Å². The van der Waals surface area contributed by atoms with Gasteiger partial charge in [0, 0.05) is 36.1 Å². The van der Waals surface area contributed by atoms with Gasteiger partial charge in [-0.1, -0.05) is 11.6 Å². The molecule has 1 heterocycles. The van der Waals surface area contributed by atoms with E-state index in [0.717, 1.165) is 0 Å². The molecule has 0 bridgehead atoms. The van der Waals surface area contributed by atoms with Gasteiger partial charge in [0.05, 0.1) is 0 Å². The van der Waals surface area contributed by atoms with Crippen molar-refractivity contribution in [3.63, 3.8) is 0 Å². The van der Waals surface area contributed by atoms with Gasteiger partial charge in [-0.15, -0.1) is 0 Å². The van der Waals surface area contributed by atoms with Gasteiger partial charge in [0.25, 0.3) is 11.8 Å². The predicted octanol–water partition coefficient (Wildman–Crippen LogP) is 2.05. The lowest BCUT2D eigenvalue weighted by Crippen LogP contribution is -2.32. The van der Waals surface area contributed by atoms with E-state index >= 15 is 0 Å². The second-order valence-electron chi connectivity index (χ2n) is 4.94. The summed E-state index contributed by atoms with van der Waals surface area (Å²) in [6.45, 7) is 0.865. The maximum Gasteiger partial charge on any atom is 0.257 e. The zero-order valence-corrected chi connectivity index (χ0v) is 13.8. The quantitative estimate of drug-likeness (QED) is 0.716. The number of aromatic nitrogens is 1. The molecule has 0 unspecified atom stereocenters. The van der Waals surface area contributed by atoms with E-state index in [2.05, 4.69) is 15.6 Å². The minimum atomic E-state index is -0.217. The van der Waals surface area contributed by atoms with Crippen molar-refractivity contribution in [3.8, 4) is 5.75 Å². The highest BCUT2D eigenvalue weighted by molar-refractivity contribution is 6.30. The predicted molar refractivity (Wildman–Crippen MR) is 91.1 cm³/mol. The van der Waals surface area contributed by atoms with Crippen LogP contribution in [0.4, 0.5) is 0 Å². The summed E-state index contributed by atoms with van der Waals surface area (Å²) < 4.78 is 5.33. The summed E-state index contributed by atoms with van der Waals surface area (Å²) in [6.07, 6.45) is 3.76. The lowest BCUT2D eigenvalue weighted by atomic mass is 10.2. The van der Waals surface area contributed by atoms with Crippen molar-refractivity contribution >= 4 is 23.4 Å². The fraction of sp³-hybridized carbons (Fsp3) is 0.235. The van der Waals surface area contributed by atoms with Crippen LogP contribution in [0, 0.1) is 0 Å². The van der Waals surface area contributed by atoms with Crippen LogP contribution in [0.25, 0.3) is 0 Å². The topological polar surface area (TPSA) is 80.3 Å². The Hall–Kier alpha value is -2.60. The normalized spacial score (nSPS) is 10.0. The Morgan fingerprint density at radius 3 is 2.38 bits per heavy atom. The van der Waals surface area contributed by atoms with Gasteiger partial charge < -0.3 is 15.4 Å². The fourth-order valence-corrected chi connectivity index (χ4v) is 1.98. The second kappa shape index (κ2) is 9.52. The van der Waals surface area contributed by atoms with Gasteiger partial charge in [0.2, 0.25) is 0 Å². The molecule has 1 aromatic heterocycles. The summed E-state index contributed by atoms with van der Waals surface area (Å²) in [7, 11) is 0. The molecule has 126 valence electrons. The third-order valence-electron chi connectivity index (χ3n) is 3.09. The van der Waals surface area contributed by atoms with E-state index < -0.39 is 0 Å². The summed E-state index contributed by atoms with van der Waals surface area (Å²) in [5.74, 6) is 0.208. The number of carbonyl (C=O) groups excluding carboxylic acids is 2. The monoisotopic (exact) mass is 347 g/mol. The molecule has 0 aliphatic rings. The van der Waals surface area contributed by atoms with Crippen molar-refractivity contribution < 1.29 is 14.3 Å². The Labute approximate surface area is 145 Å². The van der Waals surface area contributed by atoms with Gasteiger partial charge in [-0.05, 0) is 42.8 Å². The maximum absolute atomic E-state index is 11.8. The number of nitrogens with one attached hydrogen (secondary N) is 2. The Morgan fingerprint density at radius 1 is 1.00 bits per heavy atom. The molecule has 0 aliphatic carbocycles. The molecule has 0 saturated heterocycles. The number of amides is 2. The highest BCUT2D eigenvalue weighted by atomic mass is 35.5. The summed E-state index contributed by atoms with van der Waals surface area (Å²) >= 11 is 5.77. The zero-order chi connectivity index (χ0) is 17.2. The van der Waals surface area contributed by atoms with E-state index in [1.807, 2.05) is 0 Å². The molecule has 0 radical (unpaired) electrons. The van der Waals surface area contributed by atoms with Crippen LogP contribution in [-0.2, 0) is 4.79 Å². The number of hydrogen-bond acceptors (Lipinski definition) is 4. The van der Waals surface area contributed by atoms with Gasteiger partial charge in [0.1, 0.15) is 5.75 Å². The fourth-order valence-electron chi connectivity index (χ4n) is 1.85. The lowest BCUT2D eigenvalue weighted by molar-refractivity contribution is -0.123. The largest absolute Gasteiger partial charge is 0.484 e. The number of nitrogens with zero attached hydrogens (tertiary/aromatic N) is 1. The van der Waals surface area contributed by atoms with Crippen LogP contribution >= 0.6 is 11.6 Å². The van der Waals surface area contributed by atoms with Gasteiger partial charge in [0.15, 0.2) is 6.61 Å². The Kier molecular flexibility index (Phi) is 7.04. The van der Waals surface area contributed by atoms with Crippen molar-refractivity contribution in [1.82, 2.24) is 15.6 Å². The van der Waals surface area contributed by atoms with Crippen molar-refractivity contribution in [2.45, 2.75) is 6.42 Å². The second-order valence-corrected chi connectivity index (χ2v) is 5.37. The van der Waals surface area contributed by atoms with E-state index in [4.69, 9.17) is 16.3 Å². The first-order chi connectivity index (χ1) is 11.6. The average Bonchev–Trinajstić information content (AvgIpc) is 2.61. The van der Waals surface area contributed by atoms with Gasteiger partial charge >= 0.3 is 0 Å². The number of pyridine rings is 1. The smallest absolute Gasteiger partial charge is 0.257 e. The third kappa shape index (κ3) is 6.26. The van der Waals surface area contributed by atoms with E-state index in [9.17, 15) is 9.59 Å². The standard InChI is InChI=1S/C17H18ClN3O3/c18-14-2-4-15(5-3-14)24-12-16(22)20-8-1-9-21-17(23)13-6-10-19-11-7-13/h2-7,10-11H,1,8-9,12H2,(H,20,22)(H,21,23). The molecular formula is C17H18ClN3O3. The number of hydrogen-bond donors (Lipinski definition) is 2. The number of carbonyl (C=O) groups is 2. The van der Waals surface area contributed by atoms with Crippen LogP contribution in [0.5, 0.6) is 5.75 Å². The van der Waals surface area contributed by atoms with Crippen LogP contribution < -0.4 is 15.4 Å². The number of halogens is 1. The summed E-state index contributed by atoms with van der Waals surface area (Å²) in [4.78, 5) is 27.3. The first-order valence-corrected chi connectivity index (χ1v) is 7.86. The number of ether oxygens (including phenoxy) is 1. The van der Waals surface area contributed by atoms with Gasteiger partial charge in [-0.2, -0.15) is 0 Å². The van der Waals surface area contributed by atoms with Crippen molar-refractivity contribution in [3.05, 3.63) is 59.4 Å².